The number of rotatable bonds is 2. The van der Waals surface area contributed by atoms with E-state index in [9.17, 15) is 14.4 Å². The predicted molar refractivity (Wildman–Crippen MR) is 126 cm³/mol. The Hall–Kier alpha value is -4.19. The van der Waals surface area contributed by atoms with E-state index in [0.717, 1.165) is 16.6 Å². The van der Waals surface area contributed by atoms with Gasteiger partial charge in [0, 0.05) is 36.9 Å². The number of nitriles is 1. The summed E-state index contributed by atoms with van der Waals surface area (Å²) in [6, 6.07) is 15.0. The third kappa shape index (κ3) is 4.85. The first-order valence-corrected chi connectivity index (χ1v) is 10.5. The number of nitrogens with one attached hydrogen (secondary N) is 2. The molecule has 1 aromatic heterocycles. The van der Waals surface area contributed by atoms with Crippen molar-refractivity contribution in [3.05, 3.63) is 66.6 Å². The summed E-state index contributed by atoms with van der Waals surface area (Å²) in [5.41, 5.74) is 1.45. The average molecular weight is 446 g/mol. The van der Waals surface area contributed by atoms with Crippen molar-refractivity contribution >= 4 is 34.3 Å². The van der Waals surface area contributed by atoms with Gasteiger partial charge in [-0.2, -0.15) is 5.26 Å². The first-order chi connectivity index (χ1) is 15.9. The molecule has 8 nitrogen and oxygen atoms in total. The molecule has 1 aliphatic heterocycles. The van der Waals surface area contributed by atoms with Crippen molar-refractivity contribution in [2.75, 3.05) is 30.3 Å². The van der Waals surface area contributed by atoms with E-state index in [0.29, 0.717) is 31.3 Å². The fraction of sp³-hybridized carbons (Fsp3) is 0.250. The molecule has 2 aromatic carbocycles. The Kier molecular flexibility index (Phi) is 6.09. The summed E-state index contributed by atoms with van der Waals surface area (Å²) in [5.74, 6) is -0.00365. The zero-order chi connectivity index (χ0) is 23.4. The minimum absolute atomic E-state index is 0.308. The van der Waals surface area contributed by atoms with Crippen LogP contribution in [0.5, 0.6) is 0 Å². The fourth-order valence-corrected chi connectivity index (χ4v) is 4.03. The number of nitrogens with zero attached hydrogens (tertiary/aromatic N) is 5. The second-order valence-electron chi connectivity index (χ2n) is 8.36. The monoisotopic (exact) mass is 445 g/mol. The van der Waals surface area contributed by atoms with Crippen molar-refractivity contribution in [2.24, 2.45) is 4.99 Å². The molecule has 1 fully saturated rings. The number of carbonyl (C=O) groups excluding carboxylic acids is 1. The number of fused-ring (bicyclic) bond motifs is 1. The number of anilines is 2. The van der Waals surface area contributed by atoms with Crippen molar-refractivity contribution in [2.45, 2.75) is 19.4 Å². The smallest absolute Gasteiger partial charge is 0.322 e. The Bertz CT molecular complexity index is 1250. The number of hydrogen-bond donors (Lipinski definition) is 2. The van der Waals surface area contributed by atoms with Crippen LogP contribution >= 0.6 is 0 Å². The maximum Gasteiger partial charge on any atom is 0.322 e. The number of pyridine rings is 1. The van der Waals surface area contributed by atoms with Gasteiger partial charge in [-0.05, 0) is 56.3 Å². The lowest BCUT2D eigenvalue weighted by molar-refractivity contribution is 0.0837. The molecule has 168 valence electrons. The van der Waals surface area contributed by atoms with Gasteiger partial charge in [-0.15, -0.1) is 4.99 Å². The van der Waals surface area contributed by atoms with Gasteiger partial charge in [0.1, 0.15) is 5.82 Å². The van der Waals surface area contributed by atoms with Crippen molar-refractivity contribution in [3.8, 4) is 6.19 Å². The van der Waals surface area contributed by atoms with Crippen LogP contribution in [0.1, 0.15) is 13.8 Å². The zero-order valence-corrected chi connectivity index (χ0v) is 18.4. The molecular weight excluding hydrogens is 421 g/mol. The Balaban J connectivity index is 1.51. The van der Waals surface area contributed by atoms with E-state index >= 15 is 0 Å². The van der Waals surface area contributed by atoms with E-state index in [2.05, 4.69) is 20.6 Å². The standard InChI is InChI=1S/C24H24FN7O/c1-24(2)15-31(12-13-32(24)23(33)29-18-7-3-6-17(25)14-18)22(28-16-26)30-21-10-4-9-20-19(21)8-5-11-27-20/h3-11,14H,12-13,15H2,1-2H3,(H,28,30)(H,29,33). The highest BCUT2D eigenvalue weighted by Crippen LogP contribution is 2.25. The molecular formula is C24H24FN7O. The molecule has 1 aliphatic rings. The van der Waals surface area contributed by atoms with Crippen LogP contribution in [-0.2, 0) is 0 Å². The quantitative estimate of drug-likeness (QED) is 0.349. The van der Waals surface area contributed by atoms with E-state index in [1.807, 2.05) is 55.3 Å². The summed E-state index contributed by atoms with van der Waals surface area (Å²) >= 11 is 0. The fourth-order valence-electron chi connectivity index (χ4n) is 4.03. The molecule has 0 atom stereocenters. The average Bonchev–Trinajstić information content (AvgIpc) is 2.78. The second kappa shape index (κ2) is 9.12. The Morgan fingerprint density at radius 2 is 1.97 bits per heavy atom. The van der Waals surface area contributed by atoms with Crippen LogP contribution in [0.15, 0.2) is 65.8 Å². The highest BCUT2D eigenvalue weighted by Gasteiger charge is 2.38. The van der Waals surface area contributed by atoms with Gasteiger partial charge in [0.15, 0.2) is 0 Å². The predicted octanol–water partition coefficient (Wildman–Crippen LogP) is 4.25. The molecule has 0 unspecified atom stereocenters. The maximum absolute atomic E-state index is 13.5. The summed E-state index contributed by atoms with van der Waals surface area (Å²) in [4.78, 5) is 24.9. The Labute approximate surface area is 191 Å². The van der Waals surface area contributed by atoms with Gasteiger partial charge >= 0.3 is 6.03 Å². The first kappa shape index (κ1) is 22.0. The number of halogens is 1. The highest BCUT2D eigenvalue weighted by molar-refractivity contribution is 6.02. The van der Waals surface area contributed by atoms with Crippen LogP contribution in [-0.4, -0.2) is 51.9 Å². The van der Waals surface area contributed by atoms with Crippen LogP contribution in [0.2, 0.25) is 0 Å². The summed E-state index contributed by atoms with van der Waals surface area (Å²) < 4.78 is 13.5. The van der Waals surface area contributed by atoms with Crippen LogP contribution in [0.3, 0.4) is 0 Å². The topological polar surface area (TPSA) is 96.7 Å². The van der Waals surface area contributed by atoms with Crippen LogP contribution in [0.25, 0.3) is 10.9 Å². The van der Waals surface area contributed by atoms with E-state index in [1.54, 1.807) is 23.2 Å². The van der Waals surface area contributed by atoms with Crippen molar-refractivity contribution in [3.63, 3.8) is 0 Å². The van der Waals surface area contributed by atoms with Crippen LogP contribution in [0, 0.1) is 17.3 Å². The highest BCUT2D eigenvalue weighted by atomic mass is 19.1. The number of urea groups is 1. The molecule has 4 rings (SSSR count). The number of aliphatic imine (C=N–C) groups is 1. The molecule has 2 amide bonds. The molecule has 0 spiro atoms. The molecule has 3 aromatic rings. The summed E-state index contributed by atoms with van der Waals surface area (Å²) in [6.07, 6.45) is 3.60. The second-order valence-corrected chi connectivity index (χ2v) is 8.36. The van der Waals surface area contributed by atoms with E-state index in [4.69, 9.17) is 0 Å². The van der Waals surface area contributed by atoms with Gasteiger partial charge in [-0.3, -0.25) is 4.98 Å². The normalized spacial score (nSPS) is 15.8. The number of piperazine rings is 1. The molecule has 2 N–H and O–H groups in total. The van der Waals surface area contributed by atoms with Crippen molar-refractivity contribution < 1.29 is 9.18 Å². The lowest BCUT2D eigenvalue weighted by atomic mass is 9.99. The van der Waals surface area contributed by atoms with Crippen LogP contribution in [0.4, 0.5) is 20.6 Å². The molecule has 9 heteroatoms. The third-order valence-corrected chi connectivity index (χ3v) is 5.57. The molecule has 2 heterocycles. The summed E-state index contributed by atoms with van der Waals surface area (Å²) in [7, 11) is 0. The van der Waals surface area contributed by atoms with Gasteiger partial charge in [-0.1, -0.05) is 12.1 Å². The van der Waals surface area contributed by atoms with Gasteiger partial charge in [0.05, 0.1) is 16.7 Å². The molecule has 0 saturated carbocycles. The largest absolute Gasteiger partial charge is 0.338 e. The van der Waals surface area contributed by atoms with Gasteiger partial charge in [0.25, 0.3) is 0 Å². The lowest BCUT2D eigenvalue weighted by Crippen LogP contribution is -2.63. The molecule has 0 aliphatic carbocycles. The van der Waals surface area contributed by atoms with E-state index in [-0.39, 0.29) is 6.03 Å². The molecule has 33 heavy (non-hydrogen) atoms. The number of benzene rings is 2. The summed E-state index contributed by atoms with van der Waals surface area (Å²) in [6.45, 7) is 5.19. The number of amides is 2. The van der Waals surface area contributed by atoms with Gasteiger partial charge in [0.2, 0.25) is 12.2 Å². The number of guanidine groups is 1. The molecule has 1 saturated heterocycles. The lowest BCUT2D eigenvalue weighted by Gasteiger charge is -2.47. The Morgan fingerprint density at radius 3 is 2.73 bits per heavy atom. The van der Waals surface area contributed by atoms with Gasteiger partial charge < -0.3 is 20.4 Å². The minimum atomic E-state index is -0.576. The van der Waals surface area contributed by atoms with Crippen molar-refractivity contribution in [1.29, 1.82) is 5.26 Å². The number of hydrogen-bond acceptors (Lipinski definition) is 4. The van der Waals surface area contributed by atoms with E-state index in [1.165, 1.54) is 12.1 Å². The zero-order valence-electron chi connectivity index (χ0n) is 18.4. The van der Waals surface area contributed by atoms with Crippen LogP contribution < -0.4 is 10.6 Å². The minimum Gasteiger partial charge on any atom is -0.338 e. The Morgan fingerprint density at radius 1 is 1.15 bits per heavy atom. The SMILES string of the molecule is CC1(C)CN(/C(=N\C#N)Nc2cccc3ncccc23)CCN1C(=O)Nc1cccc(F)c1. The van der Waals surface area contributed by atoms with Crippen molar-refractivity contribution in [1.82, 2.24) is 14.8 Å². The first-order valence-electron chi connectivity index (χ1n) is 10.5. The number of aromatic nitrogens is 1. The van der Waals surface area contributed by atoms with E-state index < -0.39 is 11.4 Å². The summed E-state index contributed by atoms with van der Waals surface area (Å²) in [5, 5.41) is 16.2. The molecule has 0 bridgehead atoms. The maximum atomic E-state index is 13.5. The molecule has 0 radical (unpaired) electrons. The number of carbonyl (C=O) groups is 1. The van der Waals surface area contributed by atoms with Gasteiger partial charge in [-0.25, -0.2) is 9.18 Å². The third-order valence-electron chi connectivity index (χ3n) is 5.57.